The van der Waals surface area contributed by atoms with Crippen LogP contribution < -0.4 is 4.74 Å². The lowest BCUT2D eigenvalue weighted by Crippen LogP contribution is -2.40. The summed E-state index contributed by atoms with van der Waals surface area (Å²) in [6.07, 6.45) is 6.48. The maximum absolute atomic E-state index is 13.3. The highest BCUT2D eigenvalue weighted by atomic mass is 16.5. The van der Waals surface area contributed by atoms with E-state index < -0.39 is 0 Å². The summed E-state index contributed by atoms with van der Waals surface area (Å²) in [7, 11) is 0. The number of carbonyl (C=O) groups excluding carboxylic acids is 2. The highest BCUT2D eigenvalue weighted by molar-refractivity contribution is 5.94. The van der Waals surface area contributed by atoms with E-state index in [4.69, 9.17) is 4.74 Å². The maximum Gasteiger partial charge on any atom is 0.253 e. The summed E-state index contributed by atoms with van der Waals surface area (Å²) in [6.45, 7) is 3.39. The third kappa shape index (κ3) is 5.06. The second-order valence-corrected chi connectivity index (χ2v) is 9.31. The molecule has 0 saturated carbocycles. The van der Waals surface area contributed by atoms with E-state index in [1.165, 1.54) is 10.9 Å². The lowest BCUT2D eigenvalue weighted by atomic mass is 9.89. The number of piperidine rings is 1. The van der Waals surface area contributed by atoms with Crippen molar-refractivity contribution < 1.29 is 14.3 Å². The first-order chi connectivity index (χ1) is 16.7. The zero-order valence-corrected chi connectivity index (χ0v) is 19.5. The number of fused-ring (bicyclic) bond motifs is 1. The van der Waals surface area contributed by atoms with Gasteiger partial charge in [-0.1, -0.05) is 24.3 Å². The molecule has 3 aromatic rings. The molecule has 0 aliphatic carbocycles. The van der Waals surface area contributed by atoms with Crippen LogP contribution in [0.5, 0.6) is 5.75 Å². The van der Waals surface area contributed by atoms with Gasteiger partial charge in [-0.2, -0.15) is 0 Å². The van der Waals surface area contributed by atoms with Crippen molar-refractivity contribution >= 4 is 22.7 Å². The largest absolute Gasteiger partial charge is 0.492 e. The van der Waals surface area contributed by atoms with Crippen molar-refractivity contribution in [3.8, 4) is 5.75 Å². The molecular weight excluding hydrogens is 426 g/mol. The molecule has 2 saturated heterocycles. The molecule has 1 atom stereocenters. The van der Waals surface area contributed by atoms with E-state index in [0.29, 0.717) is 36.8 Å². The summed E-state index contributed by atoms with van der Waals surface area (Å²) < 4.78 is 5.86. The van der Waals surface area contributed by atoms with Crippen LogP contribution in [-0.4, -0.2) is 59.4 Å². The molecule has 176 valence electrons. The molecule has 2 fully saturated rings. The van der Waals surface area contributed by atoms with Crippen molar-refractivity contribution in [2.24, 2.45) is 5.92 Å². The maximum atomic E-state index is 13.3. The molecular formula is C28H31N3O3. The molecule has 0 spiro atoms. The number of carbonyl (C=O) groups is 2. The van der Waals surface area contributed by atoms with Gasteiger partial charge in [-0.15, -0.1) is 0 Å². The minimum absolute atomic E-state index is 0.0597. The Morgan fingerprint density at radius 2 is 1.97 bits per heavy atom. The topological polar surface area (TPSA) is 62.7 Å². The average molecular weight is 458 g/mol. The van der Waals surface area contributed by atoms with Gasteiger partial charge in [0, 0.05) is 43.2 Å². The Morgan fingerprint density at radius 1 is 1.06 bits per heavy atom. The Morgan fingerprint density at radius 3 is 2.85 bits per heavy atom. The zero-order valence-electron chi connectivity index (χ0n) is 19.5. The van der Waals surface area contributed by atoms with E-state index in [2.05, 4.69) is 23.2 Å². The summed E-state index contributed by atoms with van der Waals surface area (Å²) >= 11 is 0. The number of likely N-dealkylation sites (tertiary alicyclic amines) is 2. The average Bonchev–Trinajstić information content (AvgIpc) is 3.29. The Labute approximate surface area is 200 Å². The van der Waals surface area contributed by atoms with E-state index in [-0.39, 0.29) is 11.8 Å². The fourth-order valence-corrected chi connectivity index (χ4v) is 5.19. The molecule has 0 radical (unpaired) electrons. The molecule has 2 aliphatic rings. The molecule has 34 heavy (non-hydrogen) atoms. The Hall–Kier alpha value is -3.41. The molecule has 0 unspecified atom stereocenters. The third-order valence-corrected chi connectivity index (χ3v) is 6.93. The monoisotopic (exact) mass is 457 g/mol. The van der Waals surface area contributed by atoms with E-state index >= 15 is 0 Å². The lowest BCUT2D eigenvalue weighted by molar-refractivity contribution is -0.128. The number of rotatable bonds is 7. The van der Waals surface area contributed by atoms with Gasteiger partial charge < -0.3 is 14.5 Å². The molecule has 0 N–H and O–H groups in total. The van der Waals surface area contributed by atoms with Crippen LogP contribution in [0, 0.1) is 5.92 Å². The first kappa shape index (κ1) is 22.4. The molecule has 0 bridgehead atoms. The van der Waals surface area contributed by atoms with Crippen LogP contribution in [0.4, 0.5) is 0 Å². The van der Waals surface area contributed by atoms with Gasteiger partial charge in [-0.3, -0.25) is 14.6 Å². The first-order valence-electron chi connectivity index (χ1n) is 12.3. The molecule has 5 rings (SSSR count). The van der Waals surface area contributed by atoms with Crippen LogP contribution in [0.15, 0.2) is 60.8 Å². The van der Waals surface area contributed by atoms with E-state index in [1.807, 2.05) is 52.4 Å². The van der Waals surface area contributed by atoms with Gasteiger partial charge in [0.25, 0.3) is 5.91 Å². The molecule has 2 amide bonds. The smallest absolute Gasteiger partial charge is 0.253 e. The normalized spacial score (nSPS) is 18.5. The minimum atomic E-state index is 0.0597. The first-order valence-corrected chi connectivity index (χ1v) is 12.3. The van der Waals surface area contributed by atoms with Crippen LogP contribution in [-0.2, 0) is 11.2 Å². The van der Waals surface area contributed by atoms with Gasteiger partial charge in [-0.25, -0.2) is 0 Å². The van der Waals surface area contributed by atoms with E-state index in [1.54, 1.807) is 0 Å². The Kier molecular flexibility index (Phi) is 6.74. The fourth-order valence-electron chi connectivity index (χ4n) is 5.19. The molecule has 2 aromatic carbocycles. The van der Waals surface area contributed by atoms with Crippen molar-refractivity contribution in [2.45, 2.75) is 32.1 Å². The standard InChI is InChI=1S/C28H31N3O3/c32-27-12-5-14-30(27)16-17-34-24-9-1-8-23(19-24)28(33)31-15-4-6-21(20-31)18-22-7-2-11-26-25(22)10-3-13-29-26/h1-3,7-11,13,19,21H,4-6,12,14-18,20H2/t21-/m1/s1. The summed E-state index contributed by atoms with van der Waals surface area (Å²) in [6, 6.07) is 17.9. The highest BCUT2D eigenvalue weighted by Crippen LogP contribution is 2.26. The number of ether oxygens (including phenoxy) is 1. The zero-order chi connectivity index (χ0) is 23.3. The van der Waals surface area contributed by atoms with Crippen LogP contribution in [0.2, 0.25) is 0 Å². The minimum Gasteiger partial charge on any atom is -0.492 e. The summed E-state index contributed by atoms with van der Waals surface area (Å²) in [4.78, 5) is 33.4. The SMILES string of the molecule is O=C1CCCN1CCOc1cccc(C(=O)N2CCC[C@H](Cc3cccc4ncccc34)C2)c1. The Bertz CT molecular complexity index is 1170. The lowest BCUT2D eigenvalue weighted by Gasteiger charge is -2.33. The Balaban J connectivity index is 1.20. The molecule has 2 aliphatic heterocycles. The summed E-state index contributed by atoms with van der Waals surface area (Å²) in [5, 5.41) is 1.20. The number of benzene rings is 2. The molecule has 6 heteroatoms. The van der Waals surface area contributed by atoms with Gasteiger partial charge in [0.1, 0.15) is 12.4 Å². The predicted octanol–water partition coefficient (Wildman–Crippen LogP) is 4.33. The van der Waals surface area contributed by atoms with Crippen LogP contribution in [0.3, 0.4) is 0 Å². The van der Waals surface area contributed by atoms with Crippen LogP contribution in [0.1, 0.15) is 41.6 Å². The quantitative estimate of drug-likeness (QED) is 0.530. The second-order valence-electron chi connectivity index (χ2n) is 9.31. The van der Waals surface area contributed by atoms with Crippen molar-refractivity contribution in [1.29, 1.82) is 0 Å². The second kappa shape index (κ2) is 10.2. The summed E-state index contributed by atoms with van der Waals surface area (Å²) in [5.41, 5.74) is 2.98. The van der Waals surface area contributed by atoms with Crippen molar-refractivity contribution in [3.63, 3.8) is 0 Å². The molecule has 6 nitrogen and oxygen atoms in total. The van der Waals surface area contributed by atoms with E-state index in [9.17, 15) is 9.59 Å². The third-order valence-electron chi connectivity index (χ3n) is 6.93. The number of hydrogen-bond acceptors (Lipinski definition) is 4. The van der Waals surface area contributed by atoms with Crippen molar-refractivity contribution in [1.82, 2.24) is 14.8 Å². The van der Waals surface area contributed by atoms with Crippen LogP contribution >= 0.6 is 0 Å². The van der Waals surface area contributed by atoms with Crippen LogP contribution in [0.25, 0.3) is 10.9 Å². The number of hydrogen-bond donors (Lipinski definition) is 0. The molecule has 1 aromatic heterocycles. The van der Waals surface area contributed by atoms with Crippen molar-refractivity contribution in [2.75, 3.05) is 32.8 Å². The van der Waals surface area contributed by atoms with Gasteiger partial charge in [0.15, 0.2) is 0 Å². The highest BCUT2D eigenvalue weighted by Gasteiger charge is 2.25. The van der Waals surface area contributed by atoms with Gasteiger partial charge in [0.05, 0.1) is 12.1 Å². The molecule has 3 heterocycles. The fraction of sp³-hybridized carbons (Fsp3) is 0.393. The number of amides is 2. The van der Waals surface area contributed by atoms with Crippen molar-refractivity contribution in [3.05, 3.63) is 71.9 Å². The predicted molar refractivity (Wildman–Crippen MR) is 132 cm³/mol. The summed E-state index contributed by atoms with van der Waals surface area (Å²) in [5.74, 6) is 1.37. The van der Waals surface area contributed by atoms with E-state index in [0.717, 1.165) is 50.8 Å². The van der Waals surface area contributed by atoms with Gasteiger partial charge in [0.2, 0.25) is 5.91 Å². The van der Waals surface area contributed by atoms with Gasteiger partial charge in [-0.05, 0) is 67.5 Å². The number of nitrogens with zero attached hydrogens (tertiary/aromatic N) is 3. The number of aromatic nitrogens is 1. The number of pyridine rings is 1. The van der Waals surface area contributed by atoms with Gasteiger partial charge >= 0.3 is 0 Å².